The van der Waals surface area contributed by atoms with Crippen molar-refractivity contribution < 1.29 is 19.7 Å². The summed E-state index contributed by atoms with van der Waals surface area (Å²) < 4.78 is 5.32. The van der Waals surface area contributed by atoms with Crippen molar-refractivity contribution in [2.45, 2.75) is 25.6 Å². The minimum absolute atomic E-state index is 0.227. The van der Waals surface area contributed by atoms with Crippen LogP contribution in [0.5, 0.6) is 0 Å². The maximum atomic E-state index is 10.3. The molecule has 0 aliphatic carbocycles. The molecule has 0 amide bonds. The summed E-state index contributed by atoms with van der Waals surface area (Å²) in [5, 5.41) is 17.7. The van der Waals surface area contributed by atoms with Gasteiger partial charge in [0.1, 0.15) is 0 Å². The highest BCUT2D eigenvalue weighted by Gasteiger charge is 2.08. The Balaban J connectivity index is 2.10. The third-order valence-electron chi connectivity index (χ3n) is 2.12. The summed E-state index contributed by atoms with van der Waals surface area (Å²) >= 11 is 0. The van der Waals surface area contributed by atoms with Crippen LogP contribution in [-0.4, -0.2) is 28.9 Å². The lowest BCUT2D eigenvalue weighted by atomic mass is 10.2. The first kappa shape index (κ1) is 12.7. The molecule has 16 heavy (non-hydrogen) atoms. The van der Waals surface area contributed by atoms with Crippen molar-refractivity contribution in [1.82, 2.24) is 0 Å². The molecule has 4 heteroatoms. The van der Waals surface area contributed by atoms with E-state index < -0.39 is 12.1 Å². The zero-order chi connectivity index (χ0) is 11.8. The predicted molar refractivity (Wildman–Crippen MR) is 59.0 cm³/mol. The van der Waals surface area contributed by atoms with Crippen molar-refractivity contribution >= 4 is 5.97 Å². The van der Waals surface area contributed by atoms with Gasteiger partial charge in [0.25, 0.3) is 0 Å². The van der Waals surface area contributed by atoms with E-state index in [0.29, 0.717) is 19.6 Å². The van der Waals surface area contributed by atoms with Crippen LogP contribution < -0.4 is 0 Å². The van der Waals surface area contributed by atoms with Crippen LogP contribution in [0, 0.1) is 0 Å². The first-order valence-electron chi connectivity index (χ1n) is 5.20. The maximum Gasteiger partial charge on any atom is 0.305 e. The van der Waals surface area contributed by atoms with Gasteiger partial charge in [-0.2, -0.15) is 0 Å². The lowest BCUT2D eigenvalue weighted by molar-refractivity contribution is -0.139. The number of hydrogen-bond acceptors (Lipinski definition) is 3. The number of carboxylic acid groups (broad SMARTS) is 1. The molecule has 1 aromatic carbocycles. The Morgan fingerprint density at radius 3 is 2.62 bits per heavy atom. The van der Waals surface area contributed by atoms with E-state index in [-0.39, 0.29) is 6.42 Å². The van der Waals surface area contributed by atoms with Crippen LogP contribution in [-0.2, 0) is 16.1 Å². The maximum absolute atomic E-state index is 10.3. The number of aliphatic carboxylic acids is 1. The van der Waals surface area contributed by atoms with Crippen LogP contribution in [0.2, 0.25) is 0 Å². The van der Waals surface area contributed by atoms with Gasteiger partial charge in [-0.25, -0.2) is 0 Å². The highest BCUT2D eigenvalue weighted by Crippen LogP contribution is 2.03. The van der Waals surface area contributed by atoms with E-state index in [1.54, 1.807) is 0 Å². The summed E-state index contributed by atoms with van der Waals surface area (Å²) in [7, 11) is 0. The standard InChI is InChI=1S/C12H16O4/c13-11(8-12(14)15)6-7-16-9-10-4-2-1-3-5-10/h1-5,11,13H,6-9H2,(H,14,15). The monoisotopic (exact) mass is 224 g/mol. The van der Waals surface area contributed by atoms with Crippen LogP contribution in [0.1, 0.15) is 18.4 Å². The Hall–Kier alpha value is -1.39. The Kier molecular flexibility index (Phi) is 5.53. The summed E-state index contributed by atoms with van der Waals surface area (Å²) in [4.78, 5) is 10.3. The van der Waals surface area contributed by atoms with Crippen LogP contribution in [0.25, 0.3) is 0 Å². The van der Waals surface area contributed by atoms with Crippen LogP contribution in [0.3, 0.4) is 0 Å². The van der Waals surface area contributed by atoms with Crippen molar-refractivity contribution in [3.8, 4) is 0 Å². The molecule has 1 unspecified atom stereocenters. The molecule has 0 radical (unpaired) electrons. The second kappa shape index (κ2) is 6.98. The SMILES string of the molecule is O=C(O)CC(O)CCOCc1ccccc1. The van der Waals surface area contributed by atoms with E-state index in [4.69, 9.17) is 9.84 Å². The molecule has 0 spiro atoms. The molecule has 4 nitrogen and oxygen atoms in total. The van der Waals surface area contributed by atoms with E-state index >= 15 is 0 Å². The Morgan fingerprint density at radius 2 is 2.00 bits per heavy atom. The summed E-state index contributed by atoms with van der Waals surface area (Å²) in [6, 6.07) is 9.69. The van der Waals surface area contributed by atoms with Crippen molar-refractivity contribution in [2.24, 2.45) is 0 Å². The molecule has 0 aromatic heterocycles. The lowest BCUT2D eigenvalue weighted by Gasteiger charge is -2.08. The minimum atomic E-state index is -0.990. The van der Waals surface area contributed by atoms with Gasteiger partial charge in [-0.15, -0.1) is 0 Å². The zero-order valence-corrected chi connectivity index (χ0v) is 9.00. The molecule has 0 saturated heterocycles. The molecular formula is C12H16O4. The van der Waals surface area contributed by atoms with Crippen LogP contribution in [0.4, 0.5) is 0 Å². The average molecular weight is 224 g/mol. The summed E-state index contributed by atoms with van der Waals surface area (Å²) in [5.41, 5.74) is 1.07. The van der Waals surface area contributed by atoms with Gasteiger partial charge in [0, 0.05) is 6.61 Å². The van der Waals surface area contributed by atoms with Gasteiger partial charge in [0.05, 0.1) is 19.1 Å². The molecule has 0 heterocycles. The van der Waals surface area contributed by atoms with E-state index in [2.05, 4.69) is 0 Å². The number of hydrogen-bond donors (Lipinski definition) is 2. The van der Waals surface area contributed by atoms with Gasteiger partial charge in [0.15, 0.2) is 0 Å². The van der Waals surface area contributed by atoms with Crippen molar-refractivity contribution in [3.05, 3.63) is 35.9 Å². The van der Waals surface area contributed by atoms with E-state index in [1.807, 2.05) is 30.3 Å². The van der Waals surface area contributed by atoms with E-state index in [1.165, 1.54) is 0 Å². The molecule has 0 fully saturated rings. The number of aliphatic hydroxyl groups excluding tert-OH is 1. The number of carboxylic acids is 1. The van der Waals surface area contributed by atoms with Crippen LogP contribution >= 0.6 is 0 Å². The zero-order valence-electron chi connectivity index (χ0n) is 9.00. The fourth-order valence-electron chi connectivity index (χ4n) is 1.29. The molecule has 1 aromatic rings. The number of rotatable bonds is 7. The second-order valence-corrected chi connectivity index (χ2v) is 3.58. The minimum Gasteiger partial charge on any atom is -0.481 e. The van der Waals surface area contributed by atoms with E-state index in [9.17, 15) is 9.90 Å². The molecular weight excluding hydrogens is 208 g/mol. The van der Waals surface area contributed by atoms with E-state index in [0.717, 1.165) is 5.56 Å². The van der Waals surface area contributed by atoms with Gasteiger partial charge in [-0.1, -0.05) is 30.3 Å². The molecule has 1 atom stereocenters. The smallest absolute Gasteiger partial charge is 0.305 e. The van der Waals surface area contributed by atoms with Gasteiger partial charge >= 0.3 is 5.97 Å². The Labute approximate surface area is 94.5 Å². The Morgan fingerprint density at radius 1 is 1.31 bits per heavy atom. The van der Waals surface area contributed by atoms with Gasteiger partial charge < -0.3 is 14.9 Å². The quantitative estimate of drug-likeness (QED) is 0.687. The third kappa shape index (κ3) is 5.48. The number of benzene rings is 1. The first-order valence-corrected chi connectivity index (χ1v) is 5.20. The molecule has 0 aliphatic heterocycles. The summed E-state index contributed by atoms with van der Waals surface area (Å²) in [5.74, 6) is -0.990. The summed E-state index contributed by atoms with van der Waals surface area (Å²) in [6.45, 7) is 0.851. The summed E-state index contributed by atoms with van der Waals surface area (Å²) in [6.07, 6.45) is -0.707. The third-order valence-corrected chi connectivity index (χ3v) is 2.12. The molecule has 88 valence electrons. The van der Waals surface area contributed by atoms with Gasteiger partial charge in [0.2, 0.25) is 0 Å². The fourth-order valence-corrected chi connectivity index (χ4v) is 1.29. The average Bonchev–Trinajstić information content (AvgIpc) is 2.25. The van der Waals surface area contributed by atoms with Crippen LogP contribution in [0.15, 0.2) is 30.3 Å². The molecule has 0 saturated carbocycles. The predicted octanol–water partition coefficient (Wildman–Crippen LogP) is 1.43. The van der Waals surface area contributed by atoms with Crippen molar-refractivity contribution in [1.29, 1.82) is 0 Å². The molecule has 0 aliphatic rings. The van der Waals surface area contributed by atoms with Crippen molar-refractivity contribution in [3.63, 3.8) is 0 Å². The lowest BCUT2D eigenvalue weighted by Crippen LogP contribution is -2.15. The molecule has 1 rings (SSSR count). The highest BCUT2D eigenvalue weighted by atomic mass is 16.5. The molecule has 0 bridgehead atoms. The topological polar surface area (TPSA) is 66.8 Å². The first-order chi connectivity index (χ1) is 7.68. The number of ether oxygens (including phenoxy) is 1. The van der Waals surface area contributed by atoms with Gasteiger partial charge in [-0.3, -0.25) is 4.79 Å². The Bertz CT molecular complexity index is 310. The fraction of sp³-hybridized carbons (Fsp3) is 0.417. The largest absolute Gasteiger partial charge is 0.481 e. The highest BCUT2D eigenvalue weighted by molar-refractivity contribution is 5.67. The van der Waals surface area contributed by atoms with Crippen molar-refractivity contribution in [2.75, 3.05) is 6.61 Å². The second-order valence-electron chi connectivity index (χ2n) is 3.58. The molecule has 2 N–H and O–H groups in total. The number of carbonyl (C=O) groups is 1. The normalized spacial score (nSPS) is 12.3. The van der Waals surface area contributed by atoms with Gasteiger partial charge in [-0.05, 0) is 12.0 Å². The number of aliphatic hydroxyl groups is 1.